The van der Waals surface area contributed by atoms with Crippen LogP contribution in [0.5, 0.6) is 0 Å². The molecule has 25 heavy (non-hydrogen) atoms. The van der Waals surface area contributed by atoms with Crippen LogP contribution in [0.25, 0.3) is 0 Å². The molecule has 0 aromatic heterocycles. The molecule has 0 bridgehead atoms. The van der Waals surface area contributed by atoms with Crippen LogP contribution in [0.2, 0.25) is 0 Å². The van der Waals surface area contributed by atoms with Crippen molar-refractivity contribution in [2.45, 2.75) is 31.2 Å². The van der Waals surface area contributed by atoms with Crippen molar-refractivity contribution in [1.29, 1.82) is 0 Å². The number of hydrogen-bond acceptors (Lipinski definition) is 7. The molecule has 0 spiro atoms. The molecule has 0 aliphatic carbocycles. The molecule has 2 heterocycles. The van der Waals surface area contributed by atoms with Gasteiger partial charge in [0.25, 0.3) is 6.04 Å². The lowest BCUT2D eigenvalue weighted by molar-refractivity contribution is -0.517. The van der Waals surface area contributed by atoms with E-state index >= 15 is 0 Å². The number of likely N-dealkylation sites (tertiary alicyclic amines) is 1. The van der Waals surface area contributed by atoms with Crippen molar-refractivity contribution in [3.8, 4) is 0 Å². The van der Waals surface area contributed by atoms with E-state index < -0.39 is 27.5 Å². The fourth-order valence-corrected chi connectivity index (χ4v) is 3.51. The third-order valence-corrected chi connectivity index (χ3v) is 4.63. The molecule has 2 atom stereocenters. The maximum absolute atomic E-state index is 11.9. The number of aliphatic imine (C=N–C) groups is 1. The zero-order valence-corrected chi connectivity index (χ0v) is 13.6. The molecule has 1 aromatic carbocycles. The summed E-state index contributed by atoms with van der Waals surface area (Å²) in [7, 11) is 0. The summed E-state index contributed by atoms with van der Waals surface area (Å²) < 4.78 is 0. The SMILES string of the molecule is NC1=C([N+](=O)[O-])[C@@H](c2ccccc2)[C@H]([N+](=O)[O-])C(N2CCCCC2)=N1. The standard InChI is InChI=1S/C16H19N5O4/c17-15-13(20(22)23)12(11-7-3-1-4-8-11)14(21(24)25)16(18-15)19-9-5-2-6-10-19/h1,3-4,7-8,12,14H,2,5-6,9-10,17H2/t12-,14+/m1/s1. The van der Waals surface area contributed by atoms with Gasteiger partial charge < -0.3 is 10.6 Å². The molecule has 0 saturated carbocycles. The minimum Gasteiger partial charge on any atom is -0.378 e. The topological polar surface area (TPSA) is 128 Å². The van der Waals surface area contributed by atoms with E-state index in [1.807, 2.05) is 4.90 Å². The highest BCUT2D eigenvalue weighted by atomic mass is 16.6. The van der Waals surface area contributed by atoms with E-state index in [4.69, 9.17) is 5.73 Å². The van der Waals surface area contributed by atoms with E-state index in [0.29, 0.717) is 18.7 Å². The number of nitro groups is 2. The summed E-state index contributed by atoms with van der Waals surface area (Å²) in [6.07, 6.45) is 2.87. The van der Waals surface area contributed by atoms with Crippen molar-refractivity contribution in [3.05, 3.63) is 67.6 Å². The zero-order chi connectivity index (χ0) is 18.0. The van der Waals surface area contributed by atoms with E-state index in [-0.39, 0.29) is 11.7 Å². The van der Waals surface area contributed by atoms with Crippen LogP contribution in [0.15, 0.2) is 46.8 Å². The zero-order valence-electron chi connectivity index (χ0n) is 13.6. The summed E-state index contributed by atoms with van der Waals surface area (Å²) in [5, 5.41) is 23.4. The third kappa shape index (κ3) is 3.17. The largest absolute Gasteiger partial charge is 0.378 e. The molecule has 3 rings (SSSR count). The molecule has 9 nitrogen and oxygen atoms in total. The van der Waals surface area contributed by atoms with Gasteiger partial charge in [-0.3, -0.25) is 20.2 Å². The molecule has 0 unspecified atom stereocenters. The Morgan fingerprint density at radius 2 is 1.72 bits per heavy atom. The maximum Gasteiger partial charge on any atom is 0.302 e. The number of amidine groups is 1. The number of hydrogen-bond donors (Lipinski definition) is 1. The first-order valence-corrected chi connectivity index (χ1v) is 8.16. The Kier molecular flexibility index (Phi) is 4.64. The summed E-state index contributed by atoms with van der Waals surface area (Å²) in [6, 6.07) is 7.13. The average molecular weight is 345 g/mol. The van der Waals surface area contributed by atoms with Gasteiger partial charge in [-0.1, -0.05) is 30.3 Å². The van der Waals surface area contributed by atoms with Crippen molar-refractivity contribution < 1.29 is 9.85 Å². The molecule has 132 valence electrons. The van der Waals surface area contributed by atoms with Crippen LogP contribution < -0.4 is 5.73 Å². The summed E-state index contributed by atoms with van der Waals surface area (Å²) in [5.74, 6) is -1.10. The van der Waals surface area contributed by atoms with Gasteiger partial charge >= 0.3 is 5.70 Å². The Hall–Kier alpha value is -2.97. The molecular weight excluding hydrogens is 326 g/mol. The van der Waals surface area contributed by atoms with Crippen LogP contribution in [-0.2, 0) is 0 Å². The Labute approximate surface area is 144 Å². The monoisotopic (exact) mass is 345 g/mol. The van der Waals surface area contributed by atoms with Gasteiger partial charge in [0, 0.05) is 18.0 Å². The molecule has 1 saturated heterocycles. The number of nitrogens with two attached hydrogens (primary N) is 1. The molecule has 0 amide bonds. The van der Waals surface area contributed by atoms with Gasteiger partial charge in [0.1, 0.15) is 0 Å². The van der Waals surface area contributed by atoms with Crippen molar-refractivity contribution in [2.75, 3.05) is 13.1 Å². The molecule has 0 radical (unpaired) electrons. The van der Waals surface area contributed by atoms with Gasteiger partial charge in [0.05, 0.1) is 4.92 Å². The van der Waals surface area contributed by atoms with Crippen LogP contribution in [0.1, 0.15) is 30.7 Å². The van der Waals surface area contributed by atoms with E-state index in [1.54, 1.807) is 30.3 Å². The molecule has 2 N–H and O–H groups in total. The smallest absolute Gasteiger partial charge is 0.302 e. The number of rotatable bonds is 3. The van der Waals surface area contributed by atoms with E-state index in [1.165, 1.54) is 0 Å². The van der Waals surface area contributed by atoms with Crippen LogP contribution in [0, 0.1) is 20.2 Å². The summed E-state index contributed by atoms with van der Waals surface area (Å²) in [5.41, 5.74) is 5.95. The Morgan fingerprint density at radius 1 is 1.08 bits per heavy atom. The minimum absolute atomic E-state index is 0.224. The first-order valence-electron chi connectivity index (χ1n) is 8.16. The fourth-order valence-electron chi connectivity index (χ4n) is 3.51. The molecule has 2 aliphatic rings. The number of benzene rings is 1. The van der Waals surface area contributed by atoms with Gasteiger partial charge in [0.2, 0.25) is 5.82 Å². The van der Waals surface area contributed by atoms with Crippen molar-refractivity contribution in [1.82, 2.24) is 4.90 Å². The van der Waals surface area contributed by atoms with E-state index in [2.05, 4.69) is 4.99 Å². The predicted octanol–water partition coefficient (Wildman–Crippen LogP) is 1.72. The Bertz CT molecular complexity index is 740. The second-order valence-corrected chi connectivity index (χ2v) is 6.16. The summed E-state index contributed by atoms with van der Waals surface area (Å²) >= 11 is 0. The second kappa shape index (κ2) is 6.88. The molecule has 2 aliphatic heterocycles. The first kappa shape index (κ1) is 16.9. The number of piperidine rings is 1. The predicted molar refractivity (Wildman–Crippen MR) is 91.0 cm³/mol. The van der Waals surface area contributed by atoms with Gasteiger partial charge in [-0.2, -0.15) is 0 Å². The second-order valence-electron chi connectivity index (χ2n) is 6.16. The summed E-state index contributed by atoms with van der Waals surface area (Å²) in [6.45, 7) is 1.29. The van der Waals surface area contributed by atoms with Crippen LogP contribution in [0.3, 0.4) is 0 Å². The Balaban J connectivity index is 2.14. The van der Waals surface area contributed by atoms with Crippen LogP contribution in [0.4, 0.5) is 0 Å². The molecular formula is C16H19N5O4. The normalized spacial score (nSPS) is 24.0. The lowest BCUT2D eigenvalue weighted by Crippen LogP contribution is -2.51. The summed E-state index contributed by atoms with van der Waals surface area (Å²) in [4.78, 5) is 28.2. The van der Waals surface area contributed by atoms with E-state index in [0.717, 1.165) is 19.3 Å². The average Bonchev–Trinajstić information content (AvgIpc) is 2.61. The highest BCUT2D eigenvalue weighted by Crippen LogP contribution is 2.36. The van der Waals surface area contributed by atoms with Crippen LogP contribution in [-0.4, -0.2) is 39.7 Å². The highest BCUT2D eigenvalue weighted by molar-refractivity contribution is 5.90. The highest BCUT2D eigenvalue weighted by Gasteiger charge is 2.51. The maximum atomic E-state index is 11.9. The quantitative estimate of drug-likeness (QED) is 0.656. The first-order chi connectivity index (χ1) is 12.0. The fraction of sp³-hybridized carbons (Fsp3) is 0.438. The van der Waals surface area contributed by atoms with Crippen LogP contribution >= 0.6 is 0 Å². The molecule has 1 aromatic rings. The lowest BCUT2D eigenvalue weighted by atomic mass is 9.85. The van der Waals surface area contributed by atoms with Gasteiger partial charge in [-0.15, -0.1) is 0 Å². The Morgan fingerprint density at radius 3 is 2.28 bits per heavy atom. The third-order valence-electron chi connectivity index (χ3n) is 4.63. The van der Waals surface area contributed by atoms with Gasteiger partial charge in [-0.05, 0) is 24.8 Å². The minimum atomic E-state index is -1.33. The van der Waals surface area contributed by atoms with Gasteiger partial charge in [-0.25, -0.2) is 4.99 Å². The lowest BCUT2D eigenvalue weighted by Gasteiger charge is -2.34. The van der Waals surface area contributed by atoms with Crippen molar-refractivity contribution >= 4 is 5.84 Å². The van der Waals surface area contributed by atoms with Crippen molar-refractivity contribution in [3.63, 3.8) is 0 Å². The van der Waals surface area contributed by atoms with E-state index in [9.17, 15) is 20.2 Å². The molecule has 1 fully saturated rings. The van der Waals surface area contributed by atoms with Crippen molar-refractivity contribution in [2.24, 2.45) is 10.7 Å². The number of nitrogens with zero attached hydrogens (tertiary/aromatic N) is 4. The molecule has 9 heteroatoms. The van der Waals surface area contributed by atoms with Gasteiger partial charge in [0.15, 0.2) is 11.8 Å².